The van der Waals surface area contributed by atoms with Crippen molar-refractivity contribution in [3.8, 4) is 0 Å². The normalized spacial score (nSPS) is 12.0. The molecule has 0 atom stereocenters. The van der Waals surface area contributed by atoms with Gasteiger partial charge in [0.25, 0.3) is 0 Å². The Kier molecular flexibility index (Phi) is 3.75. The van der Waals surface area contributed by atoms with Gasteiger partial charge in [0.1, 0.15) is 5.76 Å². The van der Waals surface area contributed by atoms with Crippen molar-refractivity contribution in [1.29, 1.82) is 0 Å². The highest BCUT2D eigenvalue weighted by molar-refractivity contribution is 14.1. The number of halogens is 1. The van der Waals surface area contributed by atoms with Crippen LogP contribution in [-0.4, -0.2) is 17.3 Å². The van der Waals surface area contributed by atoms with Gasteiger partial charge in [0.15, 0.2) is 3.77 Å². The first-order valence-corrected chi connectivity index (χ1v) is 5.21. The van der Waals surface area contributed by atoms with Crippen LogP contribution in [0.1, 0.15) is 19.6 Å². The fourth-order valence-corrected chi connectivity index (χ4v) is 1.29. The van der Waals surface area contributed by atoms with Gasteiger partial charge in [-0.2, -0.15) is 0 Å². The molecule has 3 nitrogen and oxygen atoms in total. The number of rotatable bonds is 4. The van der Waals surface area contributed by atoms with Crippen LogP contribution in [0.2, 0.25) is 0 Å². The van der Waals surface area contributed by atoms with Crippen LogP contribution in [0.15, 0.2) is 16.5 Å². The molecule has 4 heteroatoms. The lowest BCUT2D eigenvalue weighted by molar-refractivity contribution is 0.184. The minimum atomic E-state index is -0.252. The van der Waals surface area contributed by atoms with Gasteiger partial charge in [-0.25, -0.2) is 0 Å². The Morgan fingerprint density at radius 1 is 1.54 bits per heavy atom. The first kappa shape index (κ1) is 11.0. The zero-order chi connectivity index (χ0) is 9.90. The molecule has 0 saturated carbocycles. The van der Waals surface area contributed by atoms with Crippen LogP contribution in [-0.2, 0) is 6.54 Å². The topological polar surface area (TPSA) is 45.4 Å². The van der Waals surface area contributed by atoms with Gasteiger partial charge in [0.05, 0.1) is 13.2 Å². The molecule has 74 valence electrons. The van der Waals surface area contributed by atoms with E-state index in [9.17, 15) is 0 Å². The molecule has 0 spiro atoms. The third-order valence-corrected chi connectivity index (χ3v) is 2.35. The monoisotopic (exact) mass is 295 g/mol. The van der Waals surface area contributed by atoms with Gasteiger partial charge in [-0.1, -0.05) is 0 Å². The second-order valence-corrected chi connectivity index (χ2v) is 4.66. The van der Waals surface area contributed by atoms with E-state index in [0.29, 0.717) is 6.54 Å². The lowest BCUT2D eigenvalue weighted by atomic mass is 10.1. The minimum Gasteiger partial charge on any atom is -0.454 e. The highest BCUT2D eigenvalue weighted by Crippen LogP contribution is 2.11. The van der Waals surface area contributed by atoms with E-state index >= 15 is 0 Å². The first-order chi connectivity index (χ1) is 6.03. The zero-order valence-corrected chi connectivity index (χ0v) is 9.96. The van der Waals surface area contributed by atoms with Crippen LogP contribution in [0.25, 0.3) is 0 Å². The van der Waals surface area contributed by atoms with Crippen molar-refractivity contribution < 1.29 is 9.52 Å². The van der Waals surface area contributed by atoms with E-state index < -0.39 is 0 Å². The summed E-state index contributed by atoms with van der Waals surface area (Å²) in [6, 6.07) is 3.85. The summed E-state index contributed by atoms with van der Waals surface area (Å²) in [6.07, 6.45) is 0. The molecule has 0 saturated heterocycles. The average molecular weight is 295 g/mol. The van der Waals surface area contributed by atoms with Crippen LogP contribution >= 0.6 is 22.6 Å². The molecular formula is C9H14INO2. The number of hydrogen-bond acceptors (Lipinski definition) is 3. The predicted molar refractivity (Wildman–Crippen MR) is 59.4 cm³/mol. The Hall–Kier alpha value is -0.0700. The summed E-state index contributed by atoms with van der Waals surface area (Å²) < 4.78 is 6.25. The summed E-state index contributed by atoms with van der Waals surface area (Å²) in [6.45, 7) is 4.66. The molecule has 0 radical (unpaired) electrons. The first-order valence-electron chi connectivity index (χ1n) is 4.13. The van der Waals surface area contributed by atoms with Crippen molar-refractivity contribution in [2.75, 3.05) is 6.61 Å². The second-order valence-electron chi connectivity index (χ2n) is 3.60. The minimum absolute atomic E-state index is 0.116. The van der Waals surface area contributed by atoms with Crippen molar-refractivity contribution in [3.63, 3.8) is 0 Å². The van der Waals surface area contributed by atoms with Crippen molar-refractivity contribution in [2.24, 2.45) is 0 Å². The quantitative estimate of drug-likeness (QED) is 0.832. The van der Waals surface area contributed by atoms with Gasteiger partial charge < -0.3 is 14.8 Å². The lowest BCUT2D eigenvalue weighted by Gasteiger charge is -2.22. The Balaban J connectivity index is 2.43. The van der Waals surface area contributed by atoms with E-state index in [1.165, 1.54) is 0 Å². The van der Waals surface area contributed by atoms with Crippen LogP contribution < -0.4 is 5.32 Å². The molecule has 0 unspecified atom stereocenters. The van der Waals surface area contributed by atoms with Gasteiger partial charge in [-0.15, -0.1) is 0 Å². The fourth-order valence-electron chi connectivity index (χ4n) is 0.829. The number of hydrogen-bond donors (Lipinski definition) is 2. The molecule has 0 amide bonds. The van der Waals surface area contributed by atoms with Gasteiger partial charge >= 0.3 is 0 Å². The van der Waals surface area contributed by atoms with Crippen molar-refractivity contribution in [1.82, 2.24) is 5.32 Å². The summed E-state index contributed by atoms with van der Waals surface area (Å²) in [4.78, 5) is 0. The van der Waals surface area contributed by atoms with Gasteiger partial charge in [-0.05, 0) is 48.6 Å². The highest BCUT2D eigenvalue weighted by atomic mass is 127. The third kappa shape index (κ3) is 3.66. The summed E-state index contributed by atoms with van der Waals surface area (Å²) in [5.74, 6) is 0.894. The van der Waals surface area contributed by atoms with Crippen molar-refractivity contribution in [2.45, 2.75) is 25.9 Å². The fraction of sp³-hybridized carbons (Fsp3) is 0.556. The predicted octanol–water partition coefficient (Wildman–Crippen LogP) is 1.74. The molecule has 0 bridgehead atoms. The smallest absolute Gasteiger partial charge is 0.164 e. The van der Waals surface area contributed by atoms with Crippen molar-refractivity contribution >= 4 is 22.6 Å². The SMILES string of the molecule is CC(C)(CO)NCc1ccc(I)o1. The largest absolute Gasteiger partial charge is 0.454 e. The zero-order valence-electron chi connectivity index (χ0n) is 7.80. The van der Waals surface area contributed by atoms with Crippen LogP contribution in [0.5, 0.6) is 0 Å². The molecule has 1 aromatic rings. The van der Waals surface area contributed by atoms with E-state index in [-0.39, 0.29) is 12.1 Å². The maximum absolute atomic E-state index is 8.98. The molecule has 0 aliphatic heterocycles. The van der Waals surface area contributed by atoms with E-state index in [2.05, 4.69) is 27.9 Å². The Morgan fingerprint density at radius 3 is 2.69 bits per heavy atom. The van der Waals surface area contributed by atoms with Gasteiger partial charge in [0, 0.05) is 5.54 Å². The summed E-state index contributed by atoms with van der Waals surface area (Å²) in [7, 11) is 0. The molecular weight excluding hydrogens is 281 g/mol. The molecule has 13 heavy (non-hydrogen) atoms. The molecule has 0 aromatic carbocycles. The second kappa shape index (κ2) is 4.43. The molecule has 0 aliphatic rings. The number of nitrogens with one attached hydrogen (secondary N) is 1. The third-order valence-electron chi connectivity index (χ3n) is 1.77. The Bertz CT molecular complexity index is 270. The number of aliphatic hydroxyl groups is 1. The van der Waals surface area contributed by atoms with E-state index in [4.69, 9.17) is 9.52 Å². The molecule has 2 N–H and O–H groups in total. The van der Waals surface area contributed by atoms with E-state index in [1.54, 1.807) is 0 Å². The van der Waals surface area contributed by atoms with Crippen LogP contribution in [0.4, 0.5) is 0 Å². The standard InChI is InChI=1S/C9H14INO2/c1-9(2,6-12)11-5-7-3-4-8(10)13-7/h3-4,11-12H,5-6H2,1-2H3. The van der Waals surface area contributed by atoms with Crippen LogP contribution in [0, 0.1) is 3.77 Å². The van der Waals surface area contributed by atoms with Crippen molar-refractivity contribution in [3.05, 3.63) is 21.7 Å². The average Bonchev–Trinajstić information content (AvgIpc) is 2.48. The molecule has 1 rings (SSSR count). The lowest BCUT2D eigenvalue weighted by Crippen LogP contribution is -2.41. The summed E-state index contributed by atoms with van der Waals surface area (Å²) in [5.41, 5.74) is -0.252. The number of furan rings is 1. The van der Waals surface area contributed by atoms with E-state index in [0.717, 1.165) is 9.53 Å². The van der Waals surface area contributed by atoms with Gasteiger partial charge in [-0.3, -0.25) is 0 Å². The molecule has 1 heterocycles. The molecule has 0 aliphatic carbocycles. The van der Waals surface area contributed by atoms with E-state index in [1.807, 2.05) is 26.0 Å². The highest BCUT2D eigenvalue weighted by Gasteiger charge is 2.15. The summed E-state index contributed by atoms with van der Waals surface area (Å²) >= 11 is 2.13. The molecule has 1 aromatic heterocycles. The maximum atomic E-state index is 8.98. The summed E-state index contributed by atoms with van der Waals surface area (Å²) in [5, 5.41) is 12.2. The molecule has 0 fully saturated rings. The Labute approximate surface area is 91.7 Å². The number of aliphatic hydroxyl groups excluding tert-OH is 1. The van der Waals surface area contributed by atoms with Crippen LogP contribution in [0.3, 0.4) is 0 Å². The van der Waals surface area contributed by atoms with Gasteiger partial charge in [0.2, 0.25) is 0 Å². The maximum Gasteiger partial charge on any atom is 0.164 e. The Morgan fingerprint density at radius 2 is 2.23 bits per heavy atom.